The molecule has 1 rings (SSSR count). The molecule has 0 unspecified atom stereocenters. The molecule has 0 fully saturated rings. The highest BCUT2D eigenvalue weighted by atomic mass is 32.2. The van der Waals surface area contributed by atoms with Crippen molar-refractivity contribution in [1.29, 1.82) is 5.26 Å². The first-order valence-electron chi connectivity index (χ1n) is 2.60. The van der Waals surface area contributed by atoms with Gasteiger partial charge in [-0.25, -0.2) is 8.42 Å². The first-order chi connectivity index (χ1) is 4.64. The number of hydrogen-bond donors (Lipinski definition) is 0. The van der Waals surface area contributed by atoms with E-state index in [1.807, 2.05) is 5.40 Å². The van der Waals surface area contributed by atoms with Crippen LogP contribution < -0.4 is 0 Å². The minimum Gasteiger partial charge on any atom is -0.224 e. The Morgan fingerprint density at radius 2 is 2.40 bits per heavy atom. The molecule has 0 spiro atoms. The van der Waals surface area contributed by atoms with Crippen molar-refractivity contribution in [3.8, 4) is 5.40 Å². The van der Waals surface area contributed by atoms with Crippen molar-refractivity contribution in [2.75, 3.05) is 5.75 Å². The van der Waals surface area contributed by atoms with Crippen molar-refractivity contribution in [1.82, 2.24) is 0 Å². The molecule has 0 aliphatic carbocycles. The Morgan fingerprint density at radius 3 is 2.80 bits per heavy atom. The molecule has 0 amide bonds. The maximum absolute atomic E-state index is 10.7. The predicted octanol–water partition coefficient (Wildman–Crippen LogP) is 0.511. The van der Waals surface area contributed by atoms with Gasteiger partial charge in [-0.15, -0.1) is 0 Å². The summed E-state index contributed by atoms with van der Waals surface area (Å²) in [6, 6.07) is 0. The zero-order valence-corrected chi connectivity index (χ0v) is 6.65. The van der Waals surface area contributed by atoms with Gasteiger partial charge in [0.05, 0.1) is 11.0 Å². The fraction of sp³-hybridized carbons (Fsp3) is 0.400. The lowest BCUT2D eigenvalue weighted by Gasteiger charge is -1.95. The van der Waals surface area contributed by atoms with Gasteiger partial charge in [-0.1, -0.05) is 6.08 Å². The molecule has 1 aliphatic rings. The average Bonchev–Trinajstić information content (AvgIpc) is 2.12. The minimum absolute atomic E-state index is 0.0746. The highest BCUT2D eigenvalue weighted by molar-refractivity contribution is 8.06. The molecule has 0 saturated carbocycles. The highest BCUT2D eigenvalue weighted by Crippen LogP contribution is 2.19. The van der Waals surface area contributed by atoms with Gasteiger partial charge in [-0.3, -0.25) is 0 Å². The van der Waals surface area contributed by atoms with Gasteiger partial charge >= 0.3 is 0 Å². The lowest BCUT2D eigenvalue weighted by atomic mass is 10.5. The number of nitrogens with zero attached hydrogens (tertiary/aromatic N) is 1. The largest absolute Gasteiger partial charge is 0.224 e. The third-order valence-corrected chi connectivity index (χ3v) is 3.44. The van der Waals surface area contributed by atoms with Gasteiger partial charge in [0.15, 0.2) is 9.84 Å². The van der Waals surface area contributed by atoms with Gasteiger partial charge in [0.25, 0.3) is 0 Å². The maximum atomic E-state index is 10.7. The fourth-order valence-corrected chi connectivity index (χ4v) is 3.03. The molecule has 0 aromatic heterocycles. The number of thiocyanates is 1. The van der Waals surface area contributed by atoms with Gasteiger partial charge in [0, 0.05) is 5.41 Å². The molecule has 0 N–H and O–H groups in total. The molecule has 1 heterocycles. The first kappa shape index (κ1) is 7.63. The van der Waals surface area contributed by atoms with Crippen LogP contribution in [0, 0.1) is 10.7 Å². The van der Waals surface area contributed by atoms with E-state index in [-0.39, 0.29) is 11.0 Å². The molecule has 1 atom stereocenters. The van der Waals surface area contributed by atoms with Crippen molar-refractivity contribution in [2.24, 2.45) is 0 Å². The molecule has 0 radical (unpaired) electrons. The Morgan fingerprint density at radius 1 is 1.70 bits per heavy atom. The van der Waals surface area contributed by atoms with Gasteiger partial charge in [-0.2, -0.15) is 5.26 Å². The summed E-state index contributed by atoms with van der Waals surface area (Å²) in [5, 5.41) is 11.0. The topological polar surface area (TPSA) is 57.9 Å². The number of rotatable bonds is 1. The van der Waals surface area contributed by atoms with Crippen LogP contribution in [0.25, 0.3) is 0 Å². The summed E-state index contributed by atoms with van der Waals surface area (Å²) in [5.74, 6) is 0.0746. The summed E-state index contributed by atoms with van der Waals surface area (Å²) in [4.78, 5) is 0. The molecule has 0 aromatic carbocycles. The van der Waals surface area contributed by atoms with Gasteiger partial charge in [-0.05, 0) is 11.8 Å². The van der Waals surface area contributed by atoms with Crippen molar-refractivity contribution in [3.63, 3.8) is 0 Å². The summed E-state index contributed by atoms with van der Waals surface area (Å²) in [6.45, 7) is 0. The zero-order chi connectivity index (χ0) is 7.61. The van der Waals surface area contributed by atoms with Crippen LogP contribution in [0.3, 0.4) is 0 Å². The molecule has 10 heavy (non-hydrogen) atoms. The summed E-state index contributed by atoms with van der Waals surface area (Å²) >= 11 is 0.981. The fourth-order valence-electron chi connectivity index (χ4n) is 0.688. The Kier molecular flexibility index (Phi) is 2.02. The molecule has 0 aromatic rings. The first-order valence-corrected chi connectivity index (χ1v) is 5.19. The van der Waals surface area contributed by atoms with Crippen molar-refractivity contribution in [3.05, 3.63) is 11.5 Å². The number of thioether (sulfide) groups is 1. The van der Waals surface area contributed by atoms with Crippen LogP contribution in [-0.2, 0) is 9.84 Å². The van der Waals surface area contributed by atoms with Crippen LogP contribution in [0.2, 0.25) is 0 Å². The van der Waals surface area contributed by atoms with E-state index in [1.54, 1.807) is 6.08 Å². The van der Waals surface area contributed by atoms with Crippen LogP contribution in [-0.4, -0.2) is 19.4 Å². The van der Waals surface area contributed by atoms with Gasteiger partial charge < -0.3 is 0 Å². The van der Waals surface area contributed by atoms with Gasteiger partial charge in [0.1, 0.15) is 5.40 Å². The molecule has 1 aliphatic heterocycles. The predicted molar refractivity (Wildman–Crippen MR) is 39.9 cm³/mol. The minimum atomic E-state index is -2.97. The zero-order valence-electron chi connectivity index (χ0n) is 5.02. The Bertz CT molecular complexity index is 285. The van der Waals surface area contributed by atoms with E-state index in [4.69, 9.17) is 5.26 Å². The molecule has 3 nitrogen and oxygen atoms in total. The third-order valence-electron chi connectivity index (χ3n) is 1.10. The van der Waals surface area contributed by atoms with Crippen molar-refractivity contribution >= 4 is 21.6 Å². The van der Waals surface area contributed by atoms with Gasteiger partial charge in [0.2, 0.25) is 0 Å². The second kappa shape index (κ2) is 2.64. The molecular formula is C5H5NO2S2. The van der Waals surface area contributed by atoms with Crippen LogP contribution >= 0.6 is 11.8 Å². The quantitative estimate of drug-likeness (QED) is 0.545. The SMILES string of the molecule is N#CS[C@@H]1C=CS(=O)(=O)C1. The van der Waals surface area contributed by atoms with Crippen LogP contribution in [0.15, 0.2) is 11.5 Å². The third kappa shape index (κ3) is 1.75. The Balaban J connectivity index is 2.65. The molecule has 5 heteroatoms. The van der Waals surface area contributed by atoms with Crippen LogP contribution in [0.1, 0.15) is 0 Å². The Hall–Kier alpha value is -0.470. The normalized spacial score (nSPS) is 28.1. The second-order valence-corrected chi connectivity index (χ2v) is 4.86. The Labute approximate surface area is 63.6 Å². The summed E-state index contributed by atoms with van der Waals surface area (Å²) < 4.78 is 21.4. The smallest absolute Gasteiger partial charge is 0.172 e. The van der Waals surface area contributed by atoms with Crippen molar-refractivity contribution < 1.29 is 8.42 Å². The lowest BCUT2D eigenvalue weighted by Crippen LogP contribution is -2.05. The monoisotopic (exact) mass is 175 g/mol. The average molecular weight is 175 g/mol. The molecular weight excluding hydrogens is 170 g/mol. The standard InChI is InChI=1S/C5H5NO2S2/c6-4-9-5-1-2-10(7,8)3-5/h1-2,5H,3H2/t5-/m1/s1. The van der Waals surface area contributed by atoms with E-state index in [2.05, 4.69) is 0 Å². The van der Waals surface area contributed by atoms with Crippen molar-refractivity contribution in [2.45, 2.75) is 5.25 Å². The summed E-state index contributed by atoms with van der Waals surface area (Å²) in [6.07, 6.45) is 1.54. The molecule has 0 bridgehead atoms. The van der Waals surface area contributed by atoms with Crippen LogP contribution in [0.5, 0.6) is 0 Å². The van der Waals surface area contributed by atoms with E-state index in [9.17, 15) is 8.42 Å². The maximum Gasteiger partial charge on any atom is 0.172 e. The number of hydrogen-bond acceptors (Lipinski definition) is 4. The second-order valence-electron chi connectivity index (χ2n) is 1.91. The summed E-state index contributed by atoms with van der Waals surface area (Å²) in [7, 11) is -2.97. The van der Waals surface area contributed by atoms with E-state index < -0.39 is 9.84 Å². The lowest BCUT2D eigenvalue weighted by molar-refractivity contribution is 0.606. The number of sulfone groups is 1. The van der Waals surface area contributed by atoms with E-state index >= 15 is 0 Å². The van der Waals surface area contributed by atoms with Crippen LogP contribution in [0.4, 0.5) is 0 Å². The van der Waals surface area contributed by atoms with E-state index in [1.165, 1.54) is 5.41 Å². The highest BCUT2D eigenvalue weighted by Gasteiger charge is 2.21. The summed E-state index contributed by atoms with van der Waals surface area (Å²) in [5.41, 5.74) is 0. The van der Waals surface area contributed by atoms with E-state index in [0.29, 0.717) is 0 Å². The molecule has 0 saturated heterocycles. The molecule has 54 valence electrons. The number of nitriles is 1. The van der Waals surface area contributed by atoms with E-state index in [0.717, 1.165) is 11.8 Å².